The quantitative estimate of drug-likeness (QED) is 0.837. The molecule has 1 aromatic rings. The van der Waals surface area contributed by atoms with Gasteiger partial charge in [0.05, 0.1) is 20.1 Å². The van der Waals surface area contributed by atoms with Crippen molar-refractivity contribution in [1.29, 1.82) is 0 Å². The van der Waals surface area contributed by atoms with Gasteiger partial charge in [0, 0.05) is 12.1 Å². The summed E-state index contributed by atoms with van der Waals surface area (Å²) in [6.45, 7) is 2.04. The molecular weight excluding hydrogens is 304 g/mol. The molecule has 132 valence electrons. The molecule has 2 saturated carbocycles. The molecule has 0 aliphatic heterocycles. The number of hydrogen-bond donors (Lipinski definition) is 2. The third-order valence-corrected chi connectivity index (χ3v) is 5.66. The maximum atomic E-state index is 12.6. The maximum absolute atomic E-state index is 12.6. The van der Waals surface area contributed by atoms with Crippen molar-refractivity contribution in [3.63, 3.8) is 0 Å². The molecular formula is C19H28N2O3. The summed E-state index contributed by atoms with van der Waals surface area (Å²) in [6.07, 6.45) is 4.22. The van der Waals surface area contributed by atoms with Crippen molar-refractivity contribution in [1.82, 2.24) is 5.32 Å². The maximum Gasteiger partial charge on any atom is 0.225 e. The minimum absolute atomic E-state index is 0.00314. The zero-order valence-electron chi connectivity index (χ0n) is 14.7. The lowest BCUT2D eigenvalue weighted by molar-refractivity contribution is -0.127. The van der Waals surface area contributed by atoms with E-state index in [-0.39, 0.29) is 23.9 Å². The van der Waals surface area contributed by atoms with E-state index >= 15 is 0 Å². The van der Waals surface area contributed by atoms with Crippen molar-refractivity contribution in [3.05, 3.63) is 23.8 Å². The molecule has 3 N–H and O–H groups in total. The van der Waals surface area contributed by atoms with E-state index in [0.29, 0.717) is 23.3 Å². The topological polar surface area (TPSA) is 73.6 Å². The molecule has 3 rings (SSSR count). The van der Waals surface area contributed by atoms with E-state index < -0.39 is 0 Å². The number of hydrogen-bond acceptors (Lipinski definition) is 4. The Morgan fingerprint density at radius 1 is 1.25 bits per heavy atom. The number of carbonyl (C=O) groups is 1. The van der Waals surface area contributed by atoms with Gasteiger partial charge in [-0.05, 0) is 62.1 Å². The number of benzene rings is 1. The first-order chi connectivity index (χ1) is 11.5. The van der Waals surface area contributed by atoms with E-state index in [4.69, 9.17) is 15.2 Å². The van der Waals surface area contributed by atoms with Crippen LogP contribution in [0.5, 0.6) is 11.5 Å². The lowest BCUT2D eigenvalue weighted by Gasteiger charge is -2.28. The molecule has 5 unspecified atom stereocenters. The summed E-state index contributed by atoms with van der Waals surface area (Å²) in [5, 5.41) is 3.16. The van der Waals surface area contributed by atoms with Gasteiger partial charge in [-0.2, -0.15) is 0 Å². The minimum atomic E-state index is -0.00314. The lowest BCUT2D eigenvalue weighted by Crippen LogP contribution is -2.47. The first-order valence-corrected chi connectivity index (χ1v) is 8.80. The number of ether oxygens (including phenoxy) is 2. The van der Waals surface area contributed by atoms with Gasteiger partial charge in [-0.3, -0.25) is 4.79 Å². The minimum Gasteiger partial charge on any atom is -0.493 e. The lowest BCUT2D eigenvalue weighted by atomic mass is 9.84. The highest BCUT2D eigenvalue weighted by Crippen LogP contribution is 2.47. The Balaban J connectivity index is 1.59. The van der Waals surface area contributed by atoms with Gasteiger partial charge in [-0.1, -0.05) is 6.07 Å². The van der Waals surface area contributed by atoms with Crippen molar-refractivity contribution in [2.24, 2.45) is 23.5 Å². The Hall–Kier alpha value is -1.75. The molecule has 1 aromatic carbocycles. The molecule has 0 aromatic heterocycles. The summed E-state index contributed by atoms with van der Waals surface area (Å²) < 4.78 is 10.6. The smallest absolute Gasteiger partial charge is 0.225 e. The Labute approximate surface area is 143 Å². The second-order valence-corrected chi connectivity index (χ2v) is 7.24. The summed E-state index contributed by atoms with van der Waals surface area (Å²) in [4.78, 5) is 12.6. The van der Waals surface area contributed by atoms with E-state index in [1.54, 1.807) is 14.2 Å². The van der Waals surface area contributed by atoms with E-state index in [1.807, 2.05) is 25.1 Å². The first-order valence-electron chi connectivity index (χ1n) is 8.80. The molecule has 2 fully saturated rings. The number of rotatable bonds is 6. The molecule has 0 heterocycles. The van der Waals surface area contributed by atoms with Crippen molar-refractivity contribution < 1.29 is 14.3 Å². The van der Waals surface area contributed by atoms with Gasteiger partial charge in [-0.15, -0.1) is 0 Å². The molecule has 0 spiro atoms. The summed E-state index contributed by atoms with van der Waals surface area (Å²) in [5.41, 5.74) is 7.38. The largest absolute Gasteiger partial charge is 0.493 e. The summed E-state index contributed by atoms with van der Waals surface area (Å²) >= 11 is 0. The van der Waals surface area contributed by atoms with Crippen molar-refractivity contribution >= 4 is 5.91 Å². The summed E-state index contributed by atoms with van der Waals surface area (Å²) in [5.74, 6) is 2.58. The molecule has 24 heavy (non-hydrogen) atoms. The molecule has 5 heteroatoms. The van der Waals surface area contributed by atoms with Gasteiger partial charge >= 0.3 is 0 Å². The number of nitrogens with two attached hydrogens (primary N) is 1. The van der Waals surface area contributed by atoms with Gasteiger partial charge in [-0.25, -0.2) is 0 Å². The van der Waals surface area contributed by atoms with Crippen LogP contribution >= 0.6 is 0 Å². The Kier molecular flexibility index (Phi) is 4.99. The van der Waals surface area contributed by atoms with E-state index in [9.17, 15) is 4.79 Å². The zero-order chi connectivity index (χ0) is 17.3. The van der Waals surface area contributed by atoms with Crippen LogP contribution in [-0.2, 0) is 11.2 Å². The molecule has 2 bridgehead atoms. The van der Waals surface area contributed by atoms with Crippen molar-refractivity contribution in [2.45, 2.75) is 44.7 Å². The van der Waals surface area contributed by atoms with Crippen LogP contribution in [0.25, 0.3) is 0 Å². The third kappa shape index (κ3) is 3.22. The second-order valence-electron chi connectivity index (χ2n) is 7.24. The predicted molar refractivity (Wildman–Crippen MR) is 93.2 cm³/mol. The molecule has 0 radical (unpaired) electrons. The van der Waals surface area contributed by atoms with E-state index in [2.05, 4.69) is 5.32 Å². The summed E-state index contributed by atoms with van der Waals surface area (Å²) in [7, 11) is 3.25. The normalized spacial score (nSPS) is 29.3. The molecule has 2 aliphatic rings. The van der Waals surface area contributed by atoms with Crippen LogP contribution in [0.15, 0.2) is 18.2 Å². The number of fused-ring (bicyclic) bond motifs is 2. The van der Waals surface area contributed by atoms with Crippen LogP contribution in [0.3, 0.4) is 0 Å². The first kappa shape index (κ1) is 17.1. The number of methoxy groups -OCH3 is 2. The third-order valence-electron chi connectivity index (χ3n) is 5.66. The van der Waals surface area contributed by atoms with Gasteiger partial charge in [0.1, 0.15) is 0 Å². The molecule has 1 amide bonds. The highest BCUT2D eigenvalue weighted by Gasteiger charge is 2.49. The second kappa shape index (κ2) is 7.01. The highest BCUT2D eigenvalue weighted by molar-refractivity contribution is 5.80. The van der Waals surface area contributed by atoms with Crippen molar-refractivity contribution in [3.8, 4) is 11.5 Å². The van der Waals surface area contributed by atoms with Gasteiger partial charge in [0.25, 0.3) is 0 Å². The number of amides is 1. The highest BCUT2D eigenvalue weighted by atomic mass is 16.5. The van der Waals surface area contributed by atoms with Gasteiger partial charge < -0.3 is 20.5 Å². The van der Waals surface area contributed by atoms with Crippen LogP contribution in [-0.4, -0.2) is 32.2 Å². The number of carbonyl (C=O) groups excluding carboxylic acids is 1. The number of nitrogens with one attached hydrogen (secondary N) is 1. The van der Waals surface area contributed by atoms with Gasteiger partial charge in [0.2, 0.25) is 5.91 Å². The average molecular weight is 332 g/mol. The zero-order valence-corrected chi connectivity index (χ0v) is 14.7. The van der Waals surface area contributed by atoms with Crippen molar-refractivity contribution in [2.75, 3.05) is 14.2 Å². The standard InChI is InChI=1S/C19H28N2O3/c1-11(8-12-4-7-15(23-2)16(9-12)24-3)21-19(22)17-13-5-6-14(10-13)18(17)20/h4,7,9,11,13-14,17-18H,5-6,8,10,20H2,1-3H3,(H,21,22). The Morgan fingerprint density at radius 3 is 2.58 bits per heavy atom. The van der Waals surface area contributed by atoms with Crippen LogP contribution < -0.4 is 20.5 Å². The van der Waals surface area contributed by atoms with E-state index in [0.717, 1.165) is 24.8 Å². The molecule has 5 nitrogen and oxygen atoms in total. The van der Waals surface area contributed by atoms with Crippen LogP contribution in [0.4, 0.5) is 0 Å². The predicted octanol–water partition coefficient (Wildman–Crippen LogP) is 2.12. The Morgan fingerprint density at radius 2 is 1.96 bits per heavy atom. The van der Waals surface area contributed by atoms with Gasteiger partial charge in [0.15, 0.2) is 11.5 Å². The Bertz CT molecular complexity index is 602. The monoisotopic (exact) mass is 332 g/mol. The van der Waals surface area contributed by atoms with Crippen LogP contribution in [0.2, 0.25) is 0 Å². The fraction of sp³-hybridized carbons (Fsp3) is 0.632. The molecule has 0 saturated heterocycles. The molecule has 5 atom stereocenters. The van der Waals surface area contributed by atoms with E-state index in [1.165, 1.54) is 6.42 Å². The van der Waals surface area contributed by atoms with Crippen LogP contribution in [0.1, 0.15) is 31.7 Å². The molecule has 2 aliphatic carbocycles. The fourth-order valence-electron chi connectivity index (χ4n) is 4.48. The SMILES string of the molecule is COc1ccc(CC(C)NC(=O)C2C3CCC(C3)C2N)cc1OC. The average Bonchev–Trinajstić information content (AvgIpc) is 3.15. The fourth-order valence-corrected chi connectivity index (χ4v) is 4.48. The summed E-state index contributed by atoms with van der Waals surface area (Å²) in [6, 6.07) is 5.96. The van der Waals surface area contributed by atoms with Crippen LogP contribution in [0, 0.1) is 17.8 Å².